The molecule has 0 spiro atoms. The van der Waals surface area contributed by atoms with Crippen molar-refractivity contribution in [3.8, 4) is 0 Å². The number of aromatic nitrogens is 2. The molecule has 8 heteroatoms. The first-order valence-corrected chi connectivity index (χ1v) is 8.24. The van der Waals surface area contributed by atoms with Gasteiger partial charge in [0.25, 0.3) is 10.0 Å². The van der Waals surface area contributed by atoms with Crippen molar-refractivity contribution in [1.29, 1.82) is 0 Å². The van der Waals surface area contributed by atoms with E-state index in [0.717, 1.165) is 16.1 Å². The van der Waals surface area contributed by atoms with Crippen LogP contribution in [0.3, 0.4) is 0 Å². The molecule has 0 radical (unpaired) electrons. The average molecular weight is 337 g/mol. The number of hydrogen-bond acceptors (Lipinski definition) is 4. The molecule has 0 unspecified atom stereocenters. The van der Waals surface area contributed by atoms with Gasteiger partial charge in [0.2, 0.25) is 0 Å². The van der Waals surface area contributed by atoms with Gasteiger partial charge in [-0.25, -0.2) is 21.2 Å². The number of pyridine rings is 1. The molecule has 0 saturated carbocycles. The van der Waals surface area contributed by atoms with Crippen LogP contribution in [0.4, 0.5) is 8.78 Å². The fourth-order valence-electron chi connectivity index (χ4n) is 2.45. The molecule has 23 heavy (non-hydrogen) atoms. The molecule has 2 aromatic heterocycles. The molecule has 0 aliphatic carbocycles. The molecule has 3 aromatic rings. The molecule has 0 amide bonds. The Bertz CT molecular complexity index is 984. The zero-order valence-corrected chi connectivity index (χ0v) is 12.7. The van der Waals surface area contributed by atoms with Gasteiger partial charge in [0.15, 0.2) is 0 Å². The van der Waals surface area contributed by atoms with Crippen LogP contribution in [0.1, 0.15) is 5.56 Å². The normalized spacial score (nSPS) is 12.0. The molecule has 0 bridgehead atoms. The van der Waals surface area contributed by atoms with Crippen LogP contribution in [-0.2, 0) is 16.4 Å². The van der Waals surface area contributed by atoms with Crippen LogP contribution in [0.25, 0.3) is 10.9 Å². The summed E-state index contributed by atoms with van der Waals surface area (Å²) in [4.78, 5) is 3.39. The first-order chi connectivity index (χ1) is 10.9. The van der Waals surface area contributed by atoms with Crippen molar-refractivity contribution >= 4 is 20.9 Å². The lowest BCUT2D eigenvalue weighted by molar-refractivity contribution is 0.546. The quantitative estimate of drug-likeness (QED) is 0.790. The second kappa shape index (κ2) is 5.71. The number of nitrogens with zero attached hydrogens (tertiary/aromatic N) is 2. The molecular formula is C15H13F2N3O2S. The van der Waals surface area contributed by atoms with Crippen molar-refractivity contribution in [2.75, 3.05) is 6.54 Å². The van der Waals surface area contributed by atoms with Gasteiger partial charge in [-0.2, -0.15) is 0 Å². The topological polar surface area (TPSA) is 78.0 Å². The van der Waals surface area contributed by atoms with Gasteiger partial charge in [-0.1, -0.05) is 0 Å². The molecule has 3 rings (SSSR count). The van der Waals surface area contributed by atoms with E-state index in [2.05, 4.69) is 4.98 Å². The van der Waals surface area contributed by atoms with Gasteiger partial charge in [-0.15, -0.1) is 0 Å². The van der Waals surface area contributed by atoms with Crippen LogP contribution >= 0.6 is 0 Å². The summed E-state index contributed by atoms with van der Waals surface area (Å²) in [6, 6.07) is 3.88. The largest absolute Gasteiger partial charge is 0.330 e. The molecular weight excluding hydrogens is 324 g/mol. The Kier molecular flexibility index (Phi) is 3.87. The van der Waals surface area contributed by atoms with E-state index in [-0.39, 0.29) is 0 Å². The summed E-state index contributed by atoms with van der Waals surface area (Å²) in [6.45, 7) is 0.332. The molecule has 1 aromatic carbocycles. The highest BCUT2D eigenvalue weighted by Gasteiger charge is 2.24. The minimum Gasteiger partial charge on any atom is -0.330 e. The lowest BCUT2D eigenvalue weighted by Crippen LogP contribution is -2.14. The molecule has 0 saturated heterocycles. The van der Waals surface area contributed by atoms with Gasteiger partial charge in [0.1, 0.15) is 16.5 Å². The van der Waals surface area contributed by atoms with Crippen molar-refractivity contribution in [3.63, 3.8) is 0 Å². The summed E-state index contributed by atoms with van der Waals surface area (Å²) in [6.07, 6.45) is 4.84. The molecule has 0 atom stereocenters. The second-order valence-electron chi connectivity index (χ2n) is 4.96. The Morgan fingerprint density at radius 2 is 2.00 bits per heavy atom. The molecule has 2 N–H and O–H groups in total. The monoisotopic (exact) mass is 337 g/mol. The van der Waals surface area contributed by atoms with Gasteiger partial charge >= 0.3 is 0 Å². The third-order valence-corrected chi connectivity index (χ3v) is 5.21. The van der Waals surface area contributed by atoms with Gasteiger partial charge in [-0.05, 0) is 36.7 Å². The summed E-state index contributed by atoms with van der Waals surface area (Å²) in [5.74, 6) is -1.98. The summed E-state index contributed by atoms with van der Waals surface area (Å²) in [5.41, 5.74) is 6.60. The number of rotatable bonds is 4. The number of benzene rings is 1. The Morgan fingerprint density at radius 1 is 1.22 bits per heavy atom. The fourth-order valence-corrected chi connectivity index (χ4v) is 3.89. The number of fused-ring (bicyclic) bond motifs is 1. The molecule has 120 valence electrons. The second-order valence-corrected chi connectivity index (χ2v) is 6.74. The lowest BCUT2D eigenvalue weighted by atomic mass is 10.2. The Morgan fingerprint density at radius 3 is 2.70 bits per heavy atom. The zero-order valence-electron chi connectivity index (χ0n) is 11.9. The van der Waals surface area contributed by atoms with Crippen LogP contribution in [0.15, 0.2) is 47.8 Å². The smallest absolute Gasteiger partial charge is 0.271 e. The van der Waals surface area contributed by atoms with Gasteiger partial charge in [0.05, 0.1) is 5.52 Å². The maximum absolute atomic E-state index is 13.9. The van der Waals surface area contributed by atoms with Crippen LogP contribution in [0.5, 0.6) is 0 Å². The number of hydrogen-bond donors (Lipinski definition) is 1. The highest BCUT2D eigenvalue weighted by molar-refractivity contribution is 7.90. The predicted octanol–water partition coefficient (Wildman–Crippen LogP) is 2.05. The summed E-state index contributed by atoms with van der Waals surface area (Å²) in [5, 5.41) is 0.629. The zero-order chi connectivity index (χ0) is 16.6. The first-order valence-electron chi connectivity index (χ1n) is 6.80. The highest BCUT2D eigenvalue weighted by Crippen LogP contribution is 2.27. The minimum absolute atomic E-state index is 0.332. The summed E-state index contributed by atoms with van der Waals surface area (Å²) in [7, 11) is -4.20. The van der Waals surface area contributed by atoms with E-state index < -0.39 is 26.6 Å². The SMILES string of the molecule is NCCc1cn(S(=O)(=O)c2ccc(F)cc2F)c2ccncc12. The van der Waals surface area contributed by atoms with Crippen molar-refractivity contribution in [2.45, 2.75) is 11.3 Å². The van der Waals surface area contributed by atoms with E-state index in [1.165, 1.54) is 24.7 Å². The Hall–Kier alpha value is -2.32. The minimum atomic E-state index is -4.20. The molecule has 5 nitrogen and oxygen atoms in total. The number of halogens is 2. The van der Waals surface area contributed by atoms with Gasteiger partial charge in [-0.3, -0.25) is 4.98 Å². The third kappa shape index (κ3) is 2.60. The van der Waals surface area contributed by atoms with Crippen LogP contribution in [-0.4, -0.2) is 23.9 Å². The van der Waals surface area contributed by atoms with E-state index >= 15 is 0 Å². The fraction of sp³-hybridized carbons (Fsp3) is 0.133. The molecule has 0 fully saturated rings. The average Bonchev–Trinajstić information content (AvgIpc) is 2.87. The van der Waals surface area contributed by atoms with Crippen LogP contribution in [0.2, 0.25) is 0 Å². The maximum Gasteiger partial charge on any atom is 0.271 e. The Labute approximate surface area is 131 Å². The van der Waals surface area contributed by atoms with Crippen LogP contribution in [0, 0.1) is 11.6 Å². The van der Waals surface area contributed by atoms with Gasteiger partial charge in [0, 0.05) is 30.0 Å². The standard InChI is InChI=1S/C15H13F2N3O2S/c16-11-1-2-15(13(17)7-11)23(21,22)20-9-10(3-5-18)12-8-19-6-4-14(12)20/h1-2,4,6-9H,3,5,18H2. The van der Waals surface area contributed by atoms with E-state index in [9.17, 15) is 17.2 Å². The molecule has 0 aliphatic rings. The summed E-state index contributed by atoms with van der Waals surface area (Å²) < 4.78 is 53.4. The lowest BCUT2D eigenvalue weighted by Gasteiger charge is -2.08. The van der Waals surface area contributed by atoms with Crippen LogP contribution < -0.4 is 5.73 Å². The van der Waals surface area contributed by atoms with Crippen molar-refractivity contribution in [2.24, 2.45) is 5.73 Å². The Balaban J connectivity index is 2.26. The first kappa shape index (κ1) is 15.6. The van der Waals surface area contributed by atoms with E-state index in [4.69, 9.17) is 5.73 Å². The highest BCUT2D eigenvalue weighted by atomic mass is 32.2. The van der Waals surface area contributed by atoms with E-state index in [0.29, 0.717) is 35.5 Å². The third-order valence-electron chi connectivity index (χ3n) is 3.50. The van der Waals surface area contributed by atoms with Crippen molar-refractivity contribution < 1.29 is 17.2 Å². The van der Waals surface area contributed by atoms with E-state index in [1.54, 1.807) is 0 Å². The molecule has 2 heterocycles. The van der Waals surface area contributed by atoms with Crippen molar-refractivity contribution in [3.05, 3.63) is 60.1 Å². The maximum atomic E-state index is 13.9. The van der Waals surface area contributed by atoms with E-state index in [1.807, 2.05) is 0 Å². The molecule has 0 aliphatic heterocycles. The number of nitrogens with two attached hydrogens (primary N) is 1. The summed E-state index contributed by atoms with van der Waals surface area (Å²) >= 11 is 0. The van der Waals surface area contributed by atoms with Gasteiger partial charge < -0.3 is 5.73 Å². The van der Waals surface area contributed by atoms with Crippen molar-refractivity contribution in [1.82, 2.24) is 8.96 Å². The predicted molar refractivity (Wildman–Crippen MR) is 81.4 cm³/mol.